The molecule has 1 heterocycles. The molecule has 0 bridgehead atoms. The first-order valence-electron chi connectivity index (χ1n) is 4.84. The summed E-state index contributed by atoms with van der Waals surface area (Å²) in [4.78, 5) is 4.37. The van der Waals surface area contributed by atoms with Gasteiger partial charge >= 0.3 is 0 Å². The molecule has 0 saturated carbocycles. The van der Waals surface area contributed by atoms with E-state index in [1.165, 1.54) is 0 Å². The highest BCUT2D eigenvalue weighted by molar-refractivity contribution is 5.96. The summed E-state index contributed by atoms with van der Waals surface area (Å²) in [5.41, 5.74) is 13.5. The first-order chi connectivity index (χ1) is 6.63. The van der Waals surface area contributed by atoms with Gasteiger partial charge in [0.1, 0.15) is 11.4 Å². The van der Waals surface area contributed by atoms with Crippen molar-refractivity contribution in [3.8, 4) is 0 Å². The minimum absolute atomic E-state index is 0.505. The van der Waals surface area contributed by atoms with Crippen LogP contribution < -0.4 is 16.8 Å². The van der Waals surface area contributed by atoms with Crippen LogP contribution in [0.15, 0.2) is 28.4 Å². The Balaban J connectivity index is 2.32. The van der Waals surface area contributed by atoms with Crippen molar-refractivity contribution in [3.05, 3.63) is 23.4 Å². The molecular weight excluding hydrogens is 176 g/mol. The molecule has 0 amide bonds. The molecule has 1 atom stereocenters. The standard InChI is InChI=1S/C10H16N4/c1-7-2-3-8(11)6-10(7,12)9-13-4-5-14-9/h2-3H,4-6,11-12H2,1H3,(H,13,14). The fourth-order valence-corrected chi connectivity index (χ4v) is 1.87. The van der Waals surface area contributed by atoms with E-state index < -0.39 is 5.54 Å². The van der Waals surface area contributed by atoms with Crippen LogP contribution in [0.2, 0.25) is 0 Å². The van der Waals surface area contributed by atoms with Crippen LogP contribution in [0.5, 0.6) is 0 Å². The summed E-state index contributed by atoms with van der Waals surface area (Å²) in [5.74, 6) is 0.877. The number of nitrogens with two attached hydrogens (primary N) is 2. The number of allylic oxidation sites excluding steroid dienone is 2. The van der Waals surface area contributed by atoms with E-state index in [0.29, 0.717) is 6.42 Å². The Kier molecular flexibility index (Phi) is 2.07. The number of hydrogen-bond acceptors (Lipinski definition) is 4. The van der Waals surface area contributed by atoms with Crippen molar-refractivity contribution in [2.75, 3.05) is 13.1 Å². The highest BCUT2D eigenvalue weighted by Crippen LogP contribution is 2.26. The summed E-state index contributed by atoms with van der Waals surface area (Å²) < 4.78 is 0. The second kappa shape index (κ2) is 3.13. The van der Waals surface area contributed by atoms with E-state index in [0.717, 1.165) is 30.2 Å². The zero-order valence-electron chi connectivity index (χ0n) is 8.38. The highest BCUT2D eigenvalue weighted by atomic mass is 15.1. The monoisotopic (exact) mass is 192 g/mol. The number of rotatable bonds is 1. The van der Waals surface area contributed by atoms with Gasteiger partial charge in [-0.1, -0.05) is 6.08 Å². The molecule has 0 spiro atoms. The maximum atomic E-state index is 6.32. The maximum Gasteiger partial charge on any atom is 0.121 e. The summed E-state index contributed by atoms with van der Waals surface area (Å²) in [7, 11) is 0. The van der Waals surface area contributed by atoms with E-state index in [1.807, 2.05) is 19.1 Å². The third-order valence-electron chi connectivity index (χ3n) is 2.83. The van der Waals surface area contributed by atoms with E-state index in [9.17, 15) is 0 Å². The molecule has 14 heavy (non-hydrogen) atoms. The number of nitrogens with one attached hydrogen (secondary N) is 1. The van der Waals surface area contributed by atoms with Gasteiger partial charge in [-0.15, -0.1) is 0 Å². The molecule has 4 heteroatoms. The van der Waals surface area contributed by atoms with Gasteiger partial charge in [0.05, 0.1) is 6.54 Å². The van der Waals surface area contributed by atoms with Crippen LogP contribution in [0.1, 0.15) is 13.3 Å². The largest absolute Gasteiger partial charge is 0.402 e. The number of amidine groups is 1. The summed E-state index contributed by atoms with van der Waals surface area (Å²) in [6, 6.07) is 0. The summed E-state index contributed by atoms with van der Waals surface area (Å²) in [6.45, 7) is 3.71. The Hall–Kier alpha value is -1.29. The van der Waals surface area contributed by atoms with E-state index in [1.54, 1.807) is 0 Å². The number of nitrogens with zero attached hydrogens (tertiary/aromatic N) is 1. The normalized spacial score (nSPS) is 31.7. The van der Waals surface area contributed by atoms with Crippen molar-refractivity contribution in [2.24, 2.45) is 16.5 Å². The van der Waals surface area contributed by atoms with E-state index in [-0.39, 0.29) is 0 Å². The molecule has 0 aromatic carbocycles. The Labute approximate surface area is 83.8 Å². The molecule has 2 rings (SSSR count). The summed E-state index contributed by atoms with van der Waals surface area (Å²) in [5, 5.41) is 3.22. The molecule has 5 N–H and O–H groups in total. The van der Waals surface area contributed by atoms with Crippen LogP contribution in [0.3, 0.4) is 0 Å². The molecule has 1 aliphatic heterocycles. The van der Waals surface area contributed by atoms with Gasteiger partial charge in [0.15, 0.2) is 0 Å². The second-order valence-corrected chi connectivity index (χ2v) is 3.90. The van der Waals surface area contributed by atoms with Gasteiger partial charge in [-0.05, 0) is 18.6 Å². The first-order valence-corrected chi connectivity index (χ1v) is 4.84. The predicted molar refractivity (Wildman–Crippen MR) is 57.9 cm³/mol. The van der Waals surface area contributed by atoms with Crippen LogP contribution in [-0.4, -0.2) is 24.5 Å². The lowest BCUT2D eigenvalue weighted by molar-refractivity contribution is 0.618. The van der Waals surface area contributed by atoms with Gasteiger partial charge in [-0.25, -0.2) is 0 Å². The van der Waals surface area contributed by atoms with E-state index >= 15 is 0 Å². The smallest absolute Gasteiger partial charge is 0.121 e. The minimum atomic E-state index is -0.505. The van der Waals surface area contributed by atoms with E-state index in [4.69, 9.17) is 11.5 Å². The zero-order valence-corrected chi connectivity index (χ0v) is 8.38. The maximum absolute atomic E-state index is 6.32. The summed E-state index contributed by atoms with van der Waals surface area (Å²) >= 11 is 0. The fraction of sp³-hybridized carbons (Fsp3) is 0.500. The van der Waals surface area contributed by atoms with Crippen LogP contribution in [-0.2, 0) is 0 Å². The highest BCUT2D eigenvalue weighted by Gasteiger charge is 2.36. The molecule has 1 aliphatic carbocycles. The van der Waals surface area contributed by atoms with Crippen molar-refractivity contribution in [2.45, 2.75) is 18.9 Å². The van der Waals surface area contributed by atoms with Crippen molar-refractivity contribution < 1.29 is 0 Å². The quantitative estimate of drug-likeness (QED) is 0.542. The third-order valence-corrected chi connectivity index (χ3v) is 2.83. The Morgan fingerprint density at radius 1 is 1.50 bits per heavy atom. The molecule has 0 aromatic heterocycles. The molecule has 2 aliphatic rings. The fourth-order valence-electron chi connectivity index (χ4n) is 1.87. The minimum Gasteiger partial charge on any atom is -0.402 e. The molecule has 0 radical (unpaired) electrons. The molecule has 4 nitrogen and oxygen atoms in total. The third kappa shape index (κ3) is 1.32. The van der Waals surface area contributed by atoms with Gasteiger partial charge in [0, 0.05) is 18.7 Å². The van der Waals surface area contributed by atoms with Crippen molar-refractivity contribution in [1.82, 2.24) is 5.32 Å². The van der Waals surface area contributed by atoms with Crippen molar-refractivity contribution in [3.63, 3.8) is 0 Å². The van der Waals surface area contributed by atoms with Crippen LogP contribution in [0, 0.1) is 0 Å². The van der Waals surface area contributed by atoms with Crippen LogP contribution in [0.25, 0.3) is 0 Å². The van der Waals surface area contributed by atoms with Crippen molar-refractivity contribution >= 4 is 5.84 Å². The number of aliphatic imine (C=N–C) groups is 1. The SMILES string of the molecule is CC1=CC=C(N)CC1(N)C1=NCCN1. The molecule has 1 unspecified atom stereocenters. The number of hydrogen-bond donors (Lipinski definition) is 3. The topological polar surface area (TPSA) is 76.4 Å². The Morgan fingerprint density at radius 3 is 2.93 bits per heavy atom. The predicted octanol–water partition coefficient (Wildman–Crippen LogP) is -0.122. The molecule has 76 valence electrons. The lowest BCUT2D eigenvalue weighted by atomic mass is 9.82. The average Bonchev–Trinajstić information content (AvgIpc) is 2.65. The Bertz CT molecular complexity index is 336. The van der Waals surface area contributed by atoms with Crippen molar-refractivity contribution in [1.29, 1.82) is 0 Å². The van der Waals surface area contributed by atoms with Gasteiger partial charge in [-0.3, -0.25) is 4.99 Å². The first kappa shape index (κ1) is 9.27. The zero-order chi connectivity index (χ0) is 10.2. The van der Waals surface area contributed by atoms with E-state index in [2.05, 4.69) is 10.3 Å². The molecule has 0 saturated heterocycles. The molecule has 0 fully saturated rings. The Morgan fingerprint density at radius 2 is 2.29 bits per heavy atom. The lowest BCUT2D eigenvalue weighted by Gasteiger charge is -2.33. The summed E-state index contributed by atoms with van der Waals surface area (Å²) in [6.07, 6.45) is 4.54. The van der Waals surface area contributed by atoms with Crippen LogP contribution >= 0.6 is 0 Å². The molecular formula is C10H16N4. The van der Waals surface area contributed by atoms with Gasteiger partial charge in [0.25, 0.3) is 0 Å². The van der Waals surface area contributed by atoms with Gasteiger partial charge < -0.3 is 16.8 Å². The average molecular weight is 192 g/mol. The lowest BCUT2D eigenvalue weighted by Crippen LogP contribution is -2.55. The van der Waals surface area contributed by atoms with Crippen LogP contribution in [0.4, 0.5) is 0 Å². The van der Waals surface area contributed by atoms with Gasteiger partial charge in [-0.2, -0.15) is 0 Å². The van der Waals surface area contributed by atoms with Gasteiger partial charge in [0.2, 0.25) is 0 Å². The second-order valence-electron chi connectivity index (χ2n) is 3.90. The molecule has 0 aromatic rings.